The summed E-state index contributed by atoms with van der Waals surface area (Å²) in [5, 5.41) is 10.6. The molecule has 6 nitrogen and oxygen atoms in total. The number of hydrogen-bond acceptors (Lipinski definition) is 5. The van der Waals surface area contributed by atoms with E-state index >= 15 is 0 Å². The molecule has 0 fully saturated rings. The first kappa shape index (κ1) is 15.8. The van der Waals surface area contributed by atoms with Gasteiger partial charge in [-0.15, -0.1) is 11.8 Å². The van der Waals surface area contributed by atoms with Crippen molar-refractivity contribution in [3.63, 3.8) is 0 Å². The van der Waals surface area contributed by atoms with Gasteiger partial charge in [0.1, 0.15) is 11.3 Å². The molecule has 98 valence electrons. The number of aliphatic carboxylic acids is 1. The van der Waals surface area contributed by atoms with Crippen LogP contribution in [0, 0.1) is 0 Å². The number of amides is 1. The van der Waals surface area contributed by atoms with Crippen LogP contribution in [0.2, 0.25) is 0 Å². The summed E-state index contributed by atoms with van der Waals surface area (Å²) in [5.74, 6) is -1.34. The second kappa shape index (κ2) is 8.86. The zero-order valence-electron chi connectivity index (χ0n) is 9.84. The summed E-state index contributed by atoms with van der Waals surface area (Å²) < 4.78 is 4.85. The van der Waals surface area contributed by atoms with Crippen LogP contribution in [0.5, 0.6) is 0 Å². The molecule has 1 amide bonds. The molecule has 0 aliphatic carbocycles. The summed E-state index contributed by atoms with van der Waals surface area (Å²) in [6.07, 6.45) is 0.890. The van der Waals surface area contributed by atoms with Gasteiger partial charge in [-0.05, 0) is 13.3 Å². The maximum absolute atomic E-state index is 11.4. The molecule has 0 aromatic rings. The Hall–Kier alpha value is -1.24. The van der Waals surface area contributed by atoms with Crippen molar-refractivity contribution in [3.8, 4) is 0 Å². The minimum absolute atomic E-state index is 0.130. The maximum Gasteiger partial charge on any atom is 0.327 e. The molecule has 0 aromatic heterocycles. The molecule has 2 atom stereocenters. The highest BCUT2D eigenvalue weighted by Crippen LogP contribution is 2.17. The number of carboxylic acids is 1. The molecule has 0 saturated carbocycles. The van der Waals surface area contributed by atoms with E-state index in [9.17, 15) is 14.4 Å². The van der Waals surface area contributed by atoms with Crippen molar-refractivity contribution in [3.05, 3.63) is 0 Å². The van der Waals surface area contributed by atoms with Crippen LogP contribution in [-0.4, -0.2) is 47.1 Å². The predicted octanol–water partition coefficient (Wildman–Crippen LogP) is 0.260. The molecule has 17 heavy (non-hydrogen) atoms. The van der Waals surface area contributed by atoms with Gasteiger partial charge < -0.3 is 15.2 Å². The van der Waals surface area contributed by atoms with Gasteiger partial charge in [0.2, 0.25) is 6.41 Å². The zero-order valence-corrected chi connectivity index (χ0v) is 10.7. The highest BCUT2D eigenvalue weighted by Gasteiger charge is 2.23. The average Bonchev–Trinajstić information content (AvgIpc) is 2.28. The number of rotatable bonds is 9. The van der Waals surface area contributed by atoms with Crippen LogP contribution in [0.15, 0.2) is 0 Å². The van der Waals surface area contributed by atoms with E-state index < -0.39 is 17.3 Å². The molecule has 2 unspecified atom stereocenters. The van der Waals surface area contributed by atoms with Crippen molar-refractivity contribution in [1.82, 2.24) is 5.32 Å². The standard InChI is InChI=1S/C10H17NO5S/c1-3-8(10(15)16-4-2)17-5-7(9(13)14)11-6-12/h6-8H,3-5H2,1-2H3,(H,11,12)(H,13,14). The topological polar surface area (TPSA) is 92.7 Å². The Balaban J connectivity index is 4.23. The Labute approximate surface area is 104 Å². The molecule has 0 heterocycles. The van der Waals surface area contributed by atoms with Gasteiger partial charge in [0.25, 0.3) is 0 Å². The average molecular weight is 263 g/mol. The van der Waals surface area contributed by atoms with E-state index in [1.807, 2.05) is 6.92 Å². The minimum atomic E-state index is -1.12. The van der Waals surface area contributed by atoms with Crippen LogP contribution < -0.4 is 5.32 Å². The summed E-state index contributed by atoms with van der Waals surface area (Å²) in [7, 11) is 0. The van der Waals surface area contributed by atoms with E-state index in [0.29, 0.717) is 19.4 Å². The fourth-order valence-electron chi connectivity index (χ4n) is 1.07. The van der Waals surface area contributed by atoms with Gasteiger partial charge >= 0.3 is 11.9 Å². The van der Waals surface area contributed by atoms with Gasteiger partial charge in [0.05, 0.1) is 6.61 Å². The van der Waals surface area contributed by atoms with Crippen molar-refractivity contribution < 1.29 is 24.2 Å². The minimum Gasteiger partial charge on any atom is -0.480 e. The maximum atomic E-state index is 11.4. The first-order valence-electron chi connectivity index (χ1n) is 5.27. The molecular formula is C10H17NO5S. The zero-order chi connectivity index (χ0) is 13.3. The number of hydrogen-bond donors (Lipinski definition) is 2. The van der Waals surface area contributed by atoms with Gasteiger partial charge in [-0.2, -0.15) is 0 Å². The Morgan fingerprint density at radius 1 is 1.47 bits per heavy atom. The fourth-order valence-corrected chi connectivity index (χ4v) is 2.18. The van der Waals surface area contributed by atoms with Crippen molar-refractivity contribution >= 4 is 30.1 Å². The third kappa shape index (κ3) is 6.15. The van der Waals surface area contributed by atoms with Crippen LogP contribution in [-0.2, 0) is 19.1 Å². The largest absolute Gasteiger partial charge is 0.480 e. The second-order valence-corrected chi connectivity index (χ2v) is 4.39. The highest BCUT2D eigenvalue weighted by molar-refractivity contribution is 8.00. The summed E-state index contributed by atoms with van der Waals surface area (Å²) in [4.78, 5) is 32.4. The van der Waals surface area contributed by atoms with Crippen LogP contribution in [0.3, 0.4) is 0 Å². The van der Waals surface area contributed by atoms with Crippen molar-refractivity contribution in [2.24, 2.45) is 0 Å². The van der Waals surface area contributed by atoms with Crippen molar-refractivity contribution in [2.45, 2.75) is 31.6 Å². The Bertz CT molecular complexity index is 271. The smallest absolute Gasteiger partial charge is 0.327 e. The molecule has 0 aliphatic heterocycles. The molecule has 0 aliphatic rings. The number of esters is 1. The number of carbonyl (C=O) groups is 3. The van der Waals surface area contributed by atoms with Crippen molar-refractivity contribution in [2.75, 3.05) is 12.4 Å². The first-order valence-corrected chi connectivity index (χ1v) is 6.32. The van der Waals surface area contributed by atoms with Crippen molar-refractivity contribution in [1.29, 1.82) is 0 Å². The highest BCUT2D eigenvalue weighted by atomic mass is 32.2. The normalized spacial score (nSPS) is 13.5. The lowest BCUT2D eigenvalue weighted by Crippen LogP contribution is -2.38. The quantitative estimate of drug-likeness (QED) is 0.458. The molecule has 2 N–H and O–H groups in total. The van der Waals surface area contributed by atoms with Gasteiger partial charge in [-0.25, -0.2) is 4.79 Å². The van der Waals surface area contributed by atoms with Gasteiger partial charge in [-0.1, -0.05) is 6.92 Å². The molecule has 0 rings (SSSR count). The lowest BCUT2D eigenvalue weighted by molar-refractivity contribution is -0.142. The third-order valence-corrected chi connectivity index (χ3v) is 3.41. The van der Waals surface area contributed by atoms with Crippen LogP contribution in [0.25, 0.3) is 0 Å². The van der Waals surface area contributed by atoms with Crippen LogP contribution in [0.4, 0.5) is 0 Å². The lowest BCUT2D eigenvalue weighted by Gasteiger charge is -2.16. The first-order chi connectivity index (χ1) is 8.06. The van der Waals surface area contributed by atoms with Gasteiger partial charge in [0, 0.05) is 5.75 Å². The summed E-state index contributed by atoms with van der Waals surface area (Å²) in [6.45, 7) is 3.83. The SMILES string of the molecule is CCOC(=O)C(CC)SCC(NC=O)C(=O)O. The molecule has 0 spiro atoms. The summed E-state index contributed by atoms with van der Waals surface area (Å²) in [5.41, 5.74) is 0. The molecule has 0 saturated heterocycles. The molecule has 0 bridgehead atoms. The van der Waals surface area contributed by atoms with E-state index in [2.05, 4.69) is 5.32 Å². The number of thioether (sulfide) groups is 1. The molecule has 0 aromatic carbocycles. The number of carboxylic acid groups (broad SMARTS) is 1. The lowest BCUT2D eigenvalue weighted by atomic mass is 10.3. The number of carbonyl (C=O) groups excluding carboxylic acids is 2. The molecule has 0 radical (unpaired) electrons. The van der Waals surface area contributed by atoms with E-state index in [4.69, 9.17) is 9.84 Å². The number of nitrogens with one attached hydrogen (secondary N) is 1. The van der Waals surface area contributed by atoms with E-state index in [-0.39, 0.29) is 11.7 Å². The third-order valence-electron chi connectivity index (χ3n) is 1.95. The fraction of sp³-hybridized carbons (Fsp3) is 0.700. The van der Waals surface area contributed by atoms with Gasteiger partial charge in [0.15, 0.2) is 0 Å². The van der Waals surface area contributed by atoms with Crippen LogP contribution in [0.1, 0.15) is 20.3 Å². The second-order valence-electron chi connectivity index (χ2n) is 3.16. The summed E-state index contributed by atoms with van der Waals surface area (Å²) >= 11 is 1.17. The van der Waals surface area contributed by atoms with E-state index in [1.165, 1.54) is 11.8 Å². The molecular weight excluding hydrogens is 246 g/mol. The van der Waals surface area contributed by atoms with Crippen LogP contribution >= 0.6 is 11.8 Å². The van der Waals surface area contributed by atoms with E-state index in [0.717, 1.165) is 0 Å². The predicted molar refractivity (Wildman–Crippen MR) is 63.8 cm³/mol. The summed E-state index contributed by atoms with van der Waals surface area (Å²) in [6, 6.07) is -0.985. The Morgan fingerprint density at radius 2 is 2.12 bits per heavy atom. The Kier molecular flexibility index (Phi) is 8.21. The molecule has 7 heteroatoms. The van der Waals surface area contributed by atoms with Gasteiger partial charge in [-0.3, -0.25) is 9.59 Å². The number of ether oxygens (including phenoxy) is 1. The monoisotopic (exact) mass is 263 g/mol. The van der Waals surface area contributed by atoms with E-state index in [1.54, 1.807) is 6.92 Å². The Morgan fingerprint density at radius 3 is 2.53 bits per heavy atom.